The van der Waals surface area contributed by atoms with Crippen LogP contribution in [0.15, 0.2) is 18.3 Å². The number of carbonyl (C=O) groups is 1. The Morgan fingerprint density at radius 2 is 2.18 bits per heavy atom. The maximum Gasteiger partial charge on any atom is 0.327 e. The molecule has 0 saturated carbocycles. The minimum Gasteiger partial charge on any atom is -0.480 e. The van der Waals surface area contributed by atoms with E-state index in [0.717, 1.165) is 38.4 Å². The molecule has 2 N–H and O–H groups in total. The summed E-state index contributed by atoms with van der Waals surface area (Å²) in [6.45, 7) is 6.68. The van der Waals surface area contributed by atoms with Gasteiger partial charge in [-0.3, -0.25) is 9.69 Å². The molecule has 2 rings (SSSR count). The lowest BCUT2D eigenvalue weighted by Crippen LogP contribution is -2.49. The molecule has 0 radical (unpaired) electrons. The van der Waals surface area contributed by atoms with Gasteiger partial charge in [0.15, 0.2) is 0 Å². The van der Waals surface area contributed by atoms with E-state index in [1.807, 2.05) is 17.0 Å². The molecule has 0 amide bonds. The van der Waals surface area contributed by atoms with Crippen molar-refractivity contribution in [3.05, 3.63) is 24.0 Å². The maximum absolute atomic E-state index is 11.4. The Kier molecular flexibility index (Phi) is 3.81. The summed E-state index contributed by atoms with van der Waals surface area (Å²) in [5.41, 5.74) is 0.766. The van der Waals surface area contributed by atoms with Crippen molar-refractivity contribution in [2.24, 2.45) is 0 Å². The average molecular weight is 237 g/mol. The largest absolute Gasteiger partial charge is 0.480 e. The SMILES string of the molecule is CCN1CCN(C(C(=O)O)c2ccc[nH]2)CC1. The Morgan fingerprint density at radius 3 is 2.65 bits per heavy atom. The molecule has 1 aromatic rings. The lowest BCUT2D eigenvalue weighted by Gasteiger charge is -2.36. The number of rotatable bonds is 4. The van der Waals surface area contributed by atoms with Gasteiger partial charge in [-0.2, -0.15) is 0 Å². The van der Waals surface area contributed by atoms with Crippen LogP contribution in [-0.2, 0) is 4.79 Å². The number of piperazine rings is 1. The number of nitrogens with zero attached hydrogens (tertiary/aromatic N) is 2. The molecular weight excluding hydrogens is 218 g/mol. The van der Waals surface area contributed by atoms with Crippen LogP contribution in [0.1, 0.15) is 18.7 Å². The standard InChI is InChI=1S/C12H19N3O2/c1-2-14-6-8-15(9-7-14)11(12(16)17)10-4-3-5-13-10/h3-5,11,13H,2,6-9H2,1H3,(H,16,17). The van der Waals surface area contributed by atoms with E-state index in [-0.39, 0.29) is 0 Å². The summed E-state index contributed by atoms with van der Waals surface area (Å²) < 4.78 is 0. The first-order chi connectivity index (χ1) is 8.22. The van der Waals surface area contributed by atoms with Crippen LogP contribution in [0.2, 0.25) is 0 Å². The lowest BCUT2D eigenvalue weighted by molar-refractivity contribution is -0.144. The summed E-state index contributed by atoms with van der Waals surface area (Å²) in [5.74, 6) is -0.780. The second-order valence-corrected chi connectivity index (χ2v) is 4.34. The predicted molar refractivity (Wildman–Crippen MR) is 64.9 cm³/mol. The fourth-order valence-corrected chi connectivity index (χ4v) is 2.34. The Bertz CT molecular complexity index is 356. The van der Waals surface area contributed by atoms with Crippen LogP contribution < -0.4 is 0 Å². The molecule has 1 aliphatic heterocycles. The molecule has 1 atom stereocenters. The number of aromatic amines is 1. The fraction of sp³-hybridized carbons (Fsp3) is 0.583. The first-order valence-corrected chi connectivity index (χ1v) is 6.05. The number of likely N-dealkylation sites (N-methyl/N-ethyl adjacent to an activating group) is 1. The summed E-state index contributed by atoms with van der Waals surface area (Å²) >= 11 is 0. The van der Waals surface area contributed by atoms with Gasteiger partial charge in [0.2, 0.25) is 0 Å². The molecule has 0 bridgehead atoms. The van der Waals surface area contributed by atoms with E-state index in [1.165, 1.54) is 0 Å². The minimum atomic E-state index is -0.780. The molecule has 2 heterocycles. The van der Waals surface area contributed by atoms with Crippen LogP contribution in [0, 0.1) is 0 Å². The quantitative estimate of drug-likeness (QED) is 0.812. The normalized spacial score (nSPS) is 20.3. The molecule has 1 aromatic heterocycles. The predicted octanol–water partition coefficient (Wildman–Crippen LogP) is 0.778. The second-order valence-electron chi connectivity index (χ2n) is 4.34. The molecule has 1 aliphatic rings. The van der Waals surface area contributed by atoms with Crippen molar-refractivity contribution in [3.8, 4) is 0 Å². The third kappa shape index (κ3) is 2.68. The Hall–Kier alpha value is -1.33. The van der Waals surface area contributed by atoms with Crippen molar-refractivity contribution in [2.75, 3.05) is 32.7 Å². The monoisotopic (exact) mass is 237 g/mol. The van der Waals surface area contributed by atoms with Gasteiger partial charge >= 0.3 is 5.97 Å². The molecule has 17 heavy (non-hydrogen) atoms. The molecule has 0 spiro atoms. The number of aromatic nitrogens is 1. The number of carboxylic acid groups (broad SMARTS) is 1. The van der Waals surface area contributed by atoms with Crippen molar-refractivity contribution in [1.82, 2.24) is 14.8 Å². The van der Waals surface area contributed by atoms with E-state index in [1.54, 1.807) is 6.20 Å². The highest BCUT2D eigenvalue weighted by Gasteiger charge is 2.30. The Morgan fingerprint density at radius 1 is 1.47 bits per heavy atom. The molecule has 0 aromatic carbocycles. The van der Waals surface area contributed by atoms with Crippen molar-refractivity contribution >= 4 is 5.97 Å². The van der Waals surface area contributed by atoms with Crippen LogP contribution in [0.5, 0.6) is 0 Å². The highest BCUT2D eigenvalue weighted by Crippen LogP contribution is 2.20. The number of aliphatic carboxylic acids is 1. The third-order valence-electron chi connectivity index (χ3n) is 3.37. The van der Waals surface area contributed by atoms with Crippen LogP contribution >= 0.6 is 0 Å². The van der Waals surface area contributed by atoms with Gasteiger partial charge in [0.25, 0.3) is 0 Å². The van der Waals surface area contributed by atoms with Gasteiger partial charge in [-0.15, -0.1) is 0 Å². The van der Waals surface area contributed by atoms with E-state index in [0.29, 0.717) is 0 Å². The smallest absolute Gasteiger partial charge is 0.327 e. The number of H-pyrrole nitrogens is 1. The van der Waals surface area contributed by atoms with Crippen molar-refractivity contribution in [3.63, 3.8) is 0 Å². The maximum atomic E-state index is 11.4. The van der Waals surface area contributed by atoms with E-state index in [4.69, 9.17) is 0 Å². The van der Waals surface area contributed by atoms with Crippen molar-refractivity contribution in [1.29, 1.82) is 0 Å². The van der Waals surface area contributed by atoms with Crippen molar-refractivity contribution in [2.45, 2.75) is 13.0 Å². The Labute approximate surface area is 101 Å². The molecule has 0 aliphatic carbocycles. The number of nitrogens with one attached hydrogen (secondary N) is 1. The highest BCUT2D eigenvalue weighted by molar-refractivity contribution is 5.75. The van der Waals surface area contributed by atoms with Crippen LogP contribution in [-0.4, -0.2) is 58.6 Å². The molecule has 1 fully saturated rings. The first-order valence-electron chi connectivity index (χ1n) is 6.05. The summed E-state index contributed by atoms with van der Waals surface area (Å²) in [7, 11) is 0. The van der Waals surface area contributed by atoms with Gasteiger partial charge in [-0.05, 0) is 18.7 Å². The zero-order valence-electron chi connectivity index (χ0n) is 10.1. The third-order valence-corrected chi connectivity index (χ3v) is 3.37. The van der Waals surface area contributed by atoms with Gasteiger partial charge in [-0.25, -0.2) is 0 Å². The summed E-state index contributed by atoms with van der Waals surface area (Å²) in [6.07, 6.45) is 1.77. The van der Waals surface area contributed by atoms with Gasteiger partial charge in [0.1, 0.15) is 6.04 Å². The van der Waals surface area contributed by atoms with Gasteiger partial charge in [-0.1, -0.05) is 6.92 Å². The molecular formula is C12H19N3O2. The zero-order chi connectivity index (χ0) is 12.3. The van der Waals surface area contributed by atoms with E-state index < -0.39 is 12.0 Å². The van der Waals surface area contributed by atoms with Gasteiger partial charge < -0.3 is 15.0 Å². The second kappa shape index (κ2) is 5.33. The highest BCUT2D eigenvalue weighted by atomic mass is 16.4. The Balaban J connectivity index is 2.06. The fourth-order valence-electron chi connectivity index (χ4n) is 2.34. The zero-order valence-corrected chi connectivity index (χ0v) is 10.1. The molecule has 5 nitrogen and oxygen atoms in total. The van der Waals surface area contributed by atoms with E-state index in [2.05, 4.69) is 16.8 Å². The molecule has 1 unspecified atom stereocenters. The number of hydrogen-bond donors (Lipinski definition) is 2. The molecule has 94 valence electrons. The number of hydrogen-bond acceptors (Lipinski definition) is 3. The van der Waals surface area contributed by atoms with E-state index in [9.17, 15) is 9.90 Å². The van der Waals surface area contributed by atoms with Crippen LogP contribution in [0.25, 0.3) is 0 Å². The van der Waals surface area contributed by atoms with E-state index >= 15 is 0 Å². The van der Waals surface area contributed by atoms with Gasteiger partial charge in [0, 0.05) is 38.1 Å². The number of carboxylic acids is 1. The molecule has 5 heteroatoms. The van der Waals surface area contributed by atoms with Gasteiger partial charge in [0.05, 0.1) is 0 Å². The summed E-state index contributed by atoms with van der Waals surface area (Å²) in [6, 6.07) is 3.14. The minimum absolute atomic E-state index is 0.538. The van der Waals surface area contributed by atoms with Crippen LogP contribution in [0.3, 0.4) is 0 Å². The molecule has 1 saturated heterocycles. The topological polar surface area (TPSA) is 59.6 Å². The van der Waals surface area contributed by atoms with Crippen molar-refractivity contribution < 1.29 is 9.90 Å². The van der Waals surface area contributed by atoms with Crippen LogP contribution in [0.4, 0.5) is 0 Å². The first kappa shape index (κ1) is 12.1. The summed E-state index contributed by atoms with van der Waals surface area (Å²) in [4.78, 5) is 18.7. The summed E-state index contributed by atoms with van der Waals surface area (Å²) in [5, 5.41) is 9.35. The average Bonchev–Trinajstić information content (AvgIpc) is 2.83. The lowest BCUT2D eigenvalue weighted by atomic mass is 10.1.